The van der Waals surface area contributed by atoms with Crippen molar-refractivity contribution in [1.82, 2.24) is 19.5 Å². The molecule has 1 unspecified atom stereocenters. The number of aliphatic hydroxyl groups excluding tert-OH is 1. The van der Waals surface area contributed by atoms with Crippen molar-refractivity contribution in [3.8, 4) is 0 Å². The molecule has 0 bridgehead atoms. The minimum atomic E-state index is 0.251. The van der Waals surface area contributed by atoms with E-state index in [-0.39, 0.29) is 6.61 Å². The average molecular weight is 449 g/mol. The predicted molar refractivity (Wildman–Crippen MR) is 132 cm³/mol. The highest BCUT2D eigenvalue weighted by atomic mass is 32.1. The van der Waals surface area contributed by atoms with Gasteiger partial charge in [0.05, 0.1) is 16.6 Å². The van der Waals surface area contributed by atoms with E-state index in [1.165, 1.54) is 11.3 Å². The van der Waals surface area contributed by atoms with Crippen LogP contribution in [0.1, 0.15) is 25.3 Å². The molecule has 0 spiro atoms. The number of hydrogen-bond acceptors (Lipinski definition) is 6. The lowest BCUT2D eigenvalue weighted by Gasteiger charge is -2.35. The van der Waals surface area contributed by atoms with Crippen molar-refractivity contribution in [3.63, 3.8) is 0 Å². The molecule has 1 atom stereocenters. The second kappa shape index (κ2) is 8.88. The lowest BCUT2D eigenvalue weighted by molar-refractivity contribution is 0.208. The predicted octanol–water partition coefficient (Wildman–Crippen LogP) is 4.48. The summed E-state index contributed by atoms with van der Waals surface area (Å²) in [7, 11) is 0. The fraction of sp³-hybridized carbons (Fsp3) is 0.375. The molecule has 4 aromatic rings. The molecule has 2 aromatic carbocycles. The van der Waals surface area contributed by atoms with Gasteiger partial charge in [0, 0.05) is 43.9 Å². The molecule has 32 heavy (non-hydrogen) atoms. The molecule has 3 N–H and O–H groups in total. The Balaban J connectivity index is 1.45. The Morgan fingerprint density at radius 2 is 2.12 bits per heavy atom. The number of fused-ring (bicyclic) bond motifs is 2. The number of imidazole rings is 1. The third-order valence-corrected chi connectivity index (χ3v) is 6.72. The number of nitrogens with one attached hydrogen (secondary N) is 2. The van der Waals surface area contributed by atoms with Crippen LogP contribution in [0.25, 0.3) is 21.9 Å². The van der Waals surface area contributed by atoms with E-state index < -0.39 is 0 Å². The van der Waals surface area contributed by atoms with Crippen molar-refractivity contribution in [3.05, 3.63) is 53.1 Å². The van der Waals surface area contributed by atoms with Crippen molar-refractivity contribution >= 4 is 45.7 Å². The Labute approximate surface area is 192 Å². The van der Waals surface area contributed by atoms with E-state index in [4.69, 9.17) is 12.2 Å². The molecule has 0 saturated carbocycles. The van der Waals surface area contributed by atoms with Gasteiger partial charge in [-0.05, 0) is 61.7 Å². The zero-order valence-electron chi connectivity index (χ0n) is 18.2. The smallest absolute Gasteiger partial charge is 0.178 e. The van der Waals surface area contributed by atoms with Gasteiger partial charge in [0.1, 0.15) is 12.1 Å². The molecular formula is C24H28N6OS. The van der Waals surface area contributed by atoms with E-state index in [9.17, 15) is 5.11 Å². The molecule has 1 fully saturated rings. The largest absolute Gasteiger partial charge is 0.396 e. The van der Waals surface area contributed by atoms with Gasteiger partial charge in [0.25, 0.3) is 0 Å². The summed E-state index contributed by atoms with van der Waals surface area (Å²) in [6.45, 7) is 5.73. The van der Waals surface area contributed by atoms with Crippen LogP contribution in [0.3, 0.4) is 0 Å². The fourth-order valence-electron chi connectivity index (χ4n) is 4.74. The molecule has 166 valence electrons. The van der Waals surface area contributed by atoms with Gasteiger partial charge >= 0.3 is 0 Å². The Hall–Kier alpha value is -2.97. The van der Waals surface area contributed by atoms with Crippen LogP contribution in [0.2, 0.25) is 0 Å². The Kier molecular flexibility index (Phi) is 5.80. The van der Waals surface area contributed by atoms with E-state index >= 15 is 0 Å². The van der Waals surface area contributed by atoms with Crippen LogP contribution in [-0.4, -0.2) is 44.3 Å². The molecule has 7 nitrogen and oxygen atoms in total. The number of nitrogens with zero attached hydrogens (tertiary/aromatic N) is 4. The number of aromatic nitrogens is 4. The maximum atomic E-state index is 9.62. The standard InChI is InChI=1S/C24H28N6OS/c1-2-30-22-11-19-18(10-20(22)28-24(30)32)23(27-15-26-19)25-12-17-7-3-4-8-21(17)29-9-5-6-16(13-29)14-31/h3-4,7-8,10-11,15-16,31H,2,5-6,9,12-14H2,1H3,(H,28,32)(H,25,26,27). The van der Waals surface area contributed by atoms with Gasteiger partial charge in [-0.15, -0.1) is 0 Å². The molecule has 1 aliphatic heterocycles. The number of para-hydroxylation sites is 1. The zero-order valence-corrected chi connectivity index (χ0v) is 19.0. The van der Waals surface area contributed by atoms with Gasteiger partial charge < -0.3 is 24.9 Å². The number of anilines is 2. The molecular weight excluding hydrogens is 420 g/mol. The van der Waals surface area contributed by atoms with Gasteiger partial charge in [-0.25, -0.2) is 9.97 Å². The normalized spacial score (nSPS) is 16.7. The van der Waals surface area contributed by atoms with E-state index in [1.54, 1.807) is 6.33 Å². The first-order valence-corrected chi connectivity index (χ1v) is 11.6. The number of piperidine rings is 1. The van der Waals surface area contributed by atoms with Crippen LogP contribution < -0.4 is 10.2 Å². The second-order valence-corrected chi connectivity index (χ2v) is 8.79. The van der Waals surface area contributed by atoms with Gasteiger partial charge in [-0.1, -0.05) is 18.2 Å². The highest BCUT2D eigenvalue weighted by Gasteiger charge is 2.21. The summed E-state index contributed by atoms with van der Waals surface area (Å²) < 4.78 is 2.80. The Bertz CT molecular complexity index is 1310. The van der Waals surface area contributed by atoms with Crippen LogP contribution >= 0.6 is 12.2 Å². The van der Waals surface area contributed by atoms with Gasteiger partial charge in [0.15, 0.2) is 4.77 Å². The molecule has 1 saturated heterocycles. The van der Waals surface area contributed by atoms with Crippen LogP contribution in [0.4, 0.5) is 11.5 Å². The number of rotatable bonds is 6. The monoisotopic (exact) mass is 448 g/mol. The first-order chi connectivity index (χ1) is 15.7. The zero-order chi connectivity index (χ0) is 22.1. The van der Waals surface area contributed by atoms with E-state index in [0.29, 0.717) is 12.5 Å². The van der Waals surface area contributed by atoms with Gasteiger partial charge in [-0.3, -0.25) is 0 Å². The second-order valence-electron chi connectivity index (χ2n) is 8.40. The third kappa shape index (κ3) is 3.84. The Morgan fingerprint density at radius 1 is 1.25 bits per heavy atom. The van der Waals surface area contributed by atoms with Crippen LogP contribution in [0.15, 0.2) is 42.7 Å². The summed E-state index contributed by atoms with van der Waals surface area (Å²) >= 11 is 5.47. The molecule has 0 amide bonds. The molecule has 1 aliphatic rings. The minimum absolute atomic E-state index is 0.251. The van der Waals surface area contributed by atoms with Gasteiger partial charge in [-0.2, -0.15) is 0 Å². The average Bonchev–Trinajstić information content (AvgIpc) is 3.15. The number of aromatic amines is 1. The summed E-state index contributed by atoms with van der Waals surface area (Å²) in [5.41, 5.74) is 5.38. The highest BCUT2D eigenvalue weighted by molar-refractivity contribution is 7.71. The van der Waals surface area contributed by atoms with Crippen molar-refractivity contribution in [1.29, 1.82) is 0 Å². The summed E-state index contributed by atoms with van der Waals surface area (Å²) in [6.07, 6.45) is 3.81. The van der Waals surface area contributed by atoms with Crippen molar-refractivity contribution in [2.24, 2.45) is 5.92 Å². The van der Waals surface area contributed by atoms with Crippen LogP contribution in [-0.2, 0) is 13.1 Å². The summed E-state index contributed by atoms with van der Waals surface area (Å²) in [4.78, 5) is 14.7. The topological polar surface area (TPSA) is 82.0 Å². The van der Waals surface area contributed by atoms with E-state index in [2.05, 4.69) is 73.1 Å². The van der Waals surface area contributed by atoms with Crippen molar-refractivity contribution in [2.75, 3.05) is 29.9 Å². The lowest BCUT2D eigenvalue weighted by Crippen LogP contribution is -2.37. The molecule has 8 heteroatoms. The minimum Gasteiger partial charge on any atom is -0.396 e. The number of hydrogen-bond donors (Lipinski definition) is 3. The number of aliphatic hydroxyl groups is 1. The van der Waals surface area contributed by atoms with E-state index in [0.717, 1.165) is 65.0 Å². The molecule has 5 rings (SSSR count). The first kappa shape index (κ1) is 20.9. The SMILES string of the molecule is CCn1c(=S)[nH]c2cc3c(NCc4ccccc4N4CCCC(CO)C4)ncnc3cc21. The number of benzene rings is 2. The molecule has 0 radical (unpaired) electrons. The van der Waals surface area contributed by atoms with E-state index in [1.807, 2.05) is 0 Å². The summed E-state index contributed by atoms with van der Waals surface area (Å²) in [6, 6.07) is 12.6. The molecule has 3 heterocycles. The third-order valence-electron chi connectivity index (χ3n) is 6.40. The maximum absolute atomic E-state index is 9.62. The van der Waals surface area contributed by atoms with Crippen molar-refractivity contribution < 1.29 is 5.11 Å². The number of aryl methyl sites for hydroxylation is 1. The maximum Gasteiger partial charge on any atom is 0.178 e. The highest BCUT2D eigenvalue weighted by Crippen LogP contribution is 2.29. The number of H-pyrrole nitrogens is 1. The van der Waals surface area contributed by atoms with Crippen molar-refractivity contribution in [2.45, 2.75) is 32.9 Å². The fourth-order valence-corrected chi connectivity index (χ4v) is 5.08. The van der Waals surface area contributed by atoms with Crippen LogP contribution in [0, 0.1) is 10.7 Å². The summed E-state index contributed by atoms with van der Waals surface area (Å²) in [5, 5.41) is 14.1. The van der Waals surface area contributed by atoms with Gasteiger partial charge in [0.2, 0.25) is 0 Å². The lowest BCUT2D eigenvalue weighted by atomic mass is 9.97. The molecule has 2 aromatic heterocycles. The molecule has 0 aliphatic carbocycles. The van der Waals surface area contributed by atoms with Crippen LogP contribution in [0.5, 0.6) is 0 Å². The quantitative estimate of drug-likeness (QED) is 0.377. The Morgan fingerprint density at radius 3 is 2.97 bits per heavy atom. The first-order valence-electron chi connectivity index (χ1n) is 11.2. The summed E-state index contributed by atoms with van der Waals surface area (Å²) in [5.74, 6) is 1.15.